The van der Waals surface area contributed by atoms with E-state index in [1.165, 1.54) is 0 Å². The summed E-state index contributed by atoms with van der Waals surface area (Å²) in [6, 6.07) is 1.86. The van der Waals surface area contributed by atoms with Gasteiger partial charge in [-0.2, -0.15) is 0 Å². The van der Waals surface area contributed by atoms with Crippen molar-refractivity contribution in [2.24, 2.45) is 5.92 Å². The van der Waals surface area contributed by atoms with E-state index in [4.69, 9.17) is 0 Å². The van der Waals surface area contributed by atoms with Gasteiger partial charge in [-0.15, -0.1) is 0 Å². The lowest BCUT2D eigenvalue weighted by atomic mass is 9.96. The van der Waals surface area contributed by atoms with Crippen LogP contribution in [0.3, 0.4) is 0 Å². The van der Waals surface area contributed by atoms with Crippen LogP contribution in [0.1, 0.15) is 33.6 Å². The number of anilines is 1. The molecule has 0 spiro atoms. The molecule has 0 bridgehead atoms. The molecule has 2 amide bonds. The molecule has 24 heavy (non-hydrogen) atoms. The van der Waals surface area contributed by atoms with Crippen LogP contribution in [0.25, 0.3) is 0 Å². The van der Waals surface area contributed by atoms with Gasteiger partial charge in [0.25, 0.3) is 0 Å². The van der Waals surface area contributed by atoms with E-state index in [1.807, 2.05) is 25.7 Å². The van der Waals surface area contributed by atoms with Crippen LogP contribution in [0.5, 0.6) is 0 Å². The van der Waals surface area contributed by atoms with Crippen molar-refractivity contribution in [1.82, 2.24) is 20.2 Å². The van der Waals surface area contributed by atoms with Crippen LogP contribution in [0.15, 0.2) is 18.5 Å². The van der Waals surface area contributed by atoms with Gasteiger partial charge in [0.2, 0.25) is 17.8 Å². The van der Waals surface area contributed by atoms with E-state index in [1.54, 1.807) is 23.4 Å². The van der Waals surface area contributed by atoms with Gasteiger partial charge in [-0.05, 0) is 39.7 Å². The van der Waals surface area contributed by atoms with Gasteiger partial charge in [-0.1, -0.05) is 0 Å². The smallest absolute Gasteiger partial charge is 0.239 e. The molecule has 1 aromatic heterocycles. The lowest BCUT2D eigenvalue weighted by Gasteiger charge is -2.34. The third-order valence-electron chi connectivity index (χ3n) is 4.08. The van der Waals surface area contributed by atoms with Gasteiger partial charge in [0, 0.05) is 38.1 Å². The predicted molar refractivity (Wildman–Crippen MR) is 92.5 cm³/mol. The van der Waals surface area contributed by atoms with E-state index < -0.39 is 0 Å². The fraction of sp³-hybridized carbons (Fsp3) is 0.647. The maximum Gasteiger partial charge on any atom is 0.239 e. The van der Waals surface area contributed by atoms with Crippen molar-refractivity contribution in [3.8, 4) is 0 Å². The first-order chi connectivity index (χ1) is 11.5. The highest BCUT2D eigenvalue weighted by Gasteiger charge is 2.30. The van der Waals surface area contributed by atoms with Gasteiger partial charge in [0.1, 0.15) is 0 Å². The van der Waals surface area contributed by atoms with Crippen LogP contribution in [0.2, 0.25) is 0 Å². The quantitative estimate of drug-likeness (QED) is 0.842. The van der Waals surface area contributed by atoms with Crippen molar-refractivity contribution in [1.29, 1.82) is 0 Å². The summed E-state index contributed by atoms with van der Waals surface area (Å²) in [6.45, 7) is 7.83. The summed E-state index contributed by atoms with van der Waals surface area (Å²) in [5.74, 6) is 0.473. The molecule has 0 radical (unpaired) electrons. The molecule has 1 unspecified atom stereocenters. The Hall–Kier alpha value is -2.18. The van der Waals surface area contributed by atoms with E-state index in [0.29, 0.717) is 19.0 Å². The summed E-state index contributed by atoms with van der Waals surface area (Å²) in [7, 11) is 0. The molecule has 1 aromatic rings. The highest BCUT2D eigenvalue weighted by molar-refractivity contribution is 5.86. The van der Waals surface area contributed by atoms with Crippen LogP contribution in [-0.4, -0.2) is 58.9 Å². The summed E-state index contributed by atoms with van der Waals surface area (Å²) >= 11 is 0. The number of aromatic nitrogens is 2. The molecule has 0 aromatic carbocycles. The molecule has 0 saturated carbocycles. The molecule has 1 fully saturated rings. The van der Waals surface area contributed by atoms with Gasteiger partial charge in [-0.25, -0.2) is 9.97 Å². The first kappa shape index (κ1) is 18.2. The average molecular weight is 333 g/mol. The molecule has 7 nitrogen and oxygen atoms in total. The first-order valence-corrected chi connectivity index (χ1v) is 8.61. The topological polar surface area (TPSA) is 78.4 Å². The van der Waals surface area contributed by atoms with Crippen molar-refractivity contribution in [3.05, 3.63) is 18.5 Å². The molecule has 132 valence electrons. The van der Waals surface area contributed by atoms with Crippen LogP contribution in [-0.2, 0) is 9.59 Å². The summed E-state index contributed by atoms with van der Waals surface area (Å²) < 4.78 is 0. The number of carbonyl (C=O) groups excluding carboxylic acids is 2. The second-order valence-corrected chi connectivity index (χ2v) is 6.41. The van der Waals surface area contributed by atoms with Gasteiger partial charge in [0.15, 0.2) is 0 Å². The Labute approximate surface area is 143 Å². The predicted octanol–water partition coefficient (Wildman–Crippen LogP) is 1.07. The van der Waals surface area contributed by atoms with E-state index in [-0.39, 0.29) is 30.3 Å². The zero-order valence-electron chi connectivity index (χ0n) is 14.7. The molecule has 7 heteroatoms. The van der Waals surface area contributed by atoms with E-state index in [2.05, 4.69) is 15.3 Å². The van der Waals surface area contributed by atoms with Gasteiger partial charge >= 0.3 is 0 Å². The molecule has 2 rings (SSSR count). The number of likely N-dealkylation sites (N-methyl/N-ethyl adjacent to an activating group) is 1. The van der Waals surface area contributed by atoms with Crippen LogP contribution >= 0.6 is 0 Å². The SMILES string of the molecule is CCN(CC(=O)NC(C)C)C(=O)C1CCCN(c2ncccn2)C1. The Kier molecular flexibility index (Phi) is 6.52. The molecule has 1 aliphatic heterocycles. The summed E-state index contributed by atoms with van der Waals surface area (Å²) in [6.07, 6.45) is 5.18. The normalized spacial score (nSPS) is 17.7. The van der Waals surface area contributed by atoms with Crippen molar-refractivity contribution >= 4 is 17.8 Å². The van der Waals surface area contributed by atoms with Crippen molar-refractivity contribution < 1.29 is 9.59 Å². The number of amides is 2. The summed E-state index contributed by atoms with van der Waals surface area (Å²) in [5, 5.41) is 2.84. The van der Waals surface area contributed by atoms with Crippen molar-refractivity contribution in [2.45, 2.75) is 39.7 Å². The number of hydrogen-bond acceptors (Lipinski definition) is 5. The molecule has 1 saturated heterocycles. The lowest BCUT2D eigenvalue weighted by molar-refractivity contribution is -0.139. The molecule has 1 aliphatic rings. The highest BCUT2D eigenvalue weighted by atomic mass is 16.2. The Morgan fingerprint density at radius 3 is 2.71 bits per heavy atom. The first-order valence-electron chi connectivity index (χ1n) is 8.61. The van der Waals surface area contributed by atoms with Crippen molar-refractivity contribution in [3.63, 3.8) is 0 Å². The van der Waals surface area contributed by atoms with E-state index in [0.717, 1.165) is 19.4 Å². The molecule has 2 heterocycles. The maximum atomic E-state index is 12.8. The fourth-order valence-corrected chi connectivity index (χ4v) is 2.96. The zero-order chi connectivity index (χ0) is 17.5. The largest absolute Gasteiger partial charge is 0.352 e. The van der Waals surface area contributed by atoms with Crippen LogP contribution < -0.4 is 10.2 Å². The van der Waals surface area contributed by atoms with Crippen LogP contribution in [0, 0.1) is 5.92 Å². The second kappa shape index (κ2) is 8.61. The fourth-order valence-electron chi connectivity index (χ4n) is 2.96. The number of rotatable bonds is 6. The summed E-state index contributed by atoms with van der Waals surface area (Å²) in [4.78, 5) is 37.0. The standard InChI is InChI=1S/C17H27N5O2/c1-4-21(12-15(23)20-13(2)3)16(24)14-7-5-10-22(11-14)17-18-8-6-9-19-17/h6,8-9,13-14H,4-5,7,10-12H2,1-3H3,(H,20,23). The molecular formula is C17H27N5O2. The Balaban J connectivity index is 1.98. The Morgan fingerprint density at radius 1 is 1.38 bits per heavy atom. The number of nitrogens with one attached hydrogen (secondary N) is 1. The minimum atomic E-state index is -0.116. The van der Waals surface area contributed by atoms with Gasteiger partial charge in [-0.3, -0.25) is 9.59 Å². The van der Waals surface area contributed by atoms with Crippen LogP contribution in [0.4, 0.5) is 5.95 Å². The molecular weight excluding hydrogens is 306 g/mol. The number of carbonyl (C=O) groups is 2. The maximum absolute atomic E-state index is 12.8. The molecule has 1 atom stereocenters. The highest BCUT2D eigenvalue weighted by Crippen LogP contribution is 2.21. The number of nitrogens with zero attached hydrogens (tertiary/aromatic N) is 4. The Bertz CT molecular complexity index is 549. The zero-order valence-corrected chi connectivity index (χ0v) is 14.7. The second-order valence-electron chi connectivity index (χ2n) is 6.41. The van der Waals surface area contributed by atoms with Crippen molar-refractivity contribution in [2.75, 3.05) is 31.1 Å². The van der Waals surface area contributed by atoms with Gasteiger partial charge in [0.05, 0.1) is 12.5 Å². The Morgan fingerprint density at radius 2 is 2.08 bits per heavy atom. The number of hydrogen-bond donors (Lipinski definition) is 1. The third-order valence-corrected chi connectivity index (χ3v) is 4.08. The van der Waals surface area contributed by atoms with Gasteiger partial charge < -0.3 is 15.1 Å². The average Bonchev–Trinajstić information content (AvgIpc) is 2.59. The molecule has 1 N–H and O–H groups in total. The van der Waals surface area contributed by atoms with E-state index >= 15 is 0 Å². The monoisotopic (exact) mass is 333 g/mol. The minimum Gasteiger partial charge on any atom is -0.352 e. The van der Waals surface area contributed by atoms with E-state index in [9.17, 15) is 9.59 Å². The third kappa shape index (κ3) is 4.91. The summed E-state index contributed by atoms with van der Waals surface area (Å²) in [5.41, 5.74) is 0. The number of piperidine rings is 1. The minimum absolute atomic E-state index is 0.0389. The lowest BCUT2D eigenvalue weighted by Crippen LogP contribution is -2.48. The molecule has 0 aliphatic carbocycles.